The summed E-state index contributed by atoms with van der Waals surface area (Å²) >= 11 is 0. The van der Waals surface area contributed by atoms with Crippen molar-refractivity contribution in [3.8, 4) is 22.3 Å². The third-order valence-corrected chi connectivity index (χ3v) is 11.3. The highest BCUT2D eigenvalue weighted by atomic mass is 15.3. The number of benzene rings is 6. The SMILES string of the molecule is C/C(=C\C=C(/N)n1c2cc(-c3ccccc3)ccc2c2cc3c(cc21)C(C)(C)c1ccccc1-3)C1(C)NC(c2ccccc2)=NC(c2ccccc2)N1. The van der Waals surface area contributed by atoms with Gasteiger partial charge in [-0.25, -0.2) is 4.99 Å². The first-order chi connectivity index (χ1) is 25.7. The first-order valence-electron chi connectivity index (χ1n) is 18.4. The number of aliphatic imine (C=N–C) groups is 1. The fraction of sp³-hybridized carbons (Fsp3) is 0.146. The number of hydrogen-bond donors (Lipinski definition) is 3. The van der Waals surface area contributed by atoms with Gasteiger partial charge in [-0.2, -0.15) is 0 Å². The third-order valence-electron chi connectivity index (χ3n) is 11.3. The molecule has 9 rings (SSSR count). The molecule has 1 aromatic heterocycles. The monoisotopic (exact) mass is 689 g/mol. The number of fused-ring (bicyclic) bond motifs is 6. The molecule has 1 aliphatic heterocycles. The van der Waals surface area contributed by atoms with Crippen molar-refractivity contribution in [2.24, 2.45) is 10.7 Å². The van der Waals surface area contributed by atoms with Gasteiger partial charge in [0.2, 0.25) is 0 Å². The van der Waals surface area contributed by atoms with Crippen LogP contribution in [0.15, 0.2) is 168 Å². The van der Waals surface area contributed by atoms with Gasteiger partial charge in [0, 0.05) is 21.8 Å². The molecule has 260 valence electrons. The van der Waals surface area contributed by atoms with Gasteiger partial charge in [0.1, 0.15) is 23.5 Å². The molecule has 5 heteroatoms. The molecule has 0 spiro atoms. The quantitative estimate of drug-likeness (QED) is 0.152. The number of aromatic nitrogens is 1. The van der Waals surface area contributed by atoms with Crippen LogP contribution in [0.5, 0.6) is 0 Å². The molecule has 0 amide bonds. The van der Waals surface area contributed by atoms with Crippen LogP contribution in [0.3, 0.4) is 0 Å². The topological polar surface area (TPSA) is 67.4 Å². The van der Waals surface area contributed by atoms with Crippen LogP contribution in [0.2, 0.25) is 0 Å². The zero-order valence-corrected chi connectivity index (χ0v) is 30.6. The molecule has 0 bridgehead atoms. The molecule has 0 saturated carbocycles. The van der Waals surface area contributed by atoms with Crippen LogP contribution in [0.25, 0.3) is 49.9 Å². The van der Waals surface area contributed by atoms with E-state index in [1.807, 2.05) is 24.3 Å². The highest BCUT2D eigenvalue weighted by Crippen LogP contribution is 2.51. The Labute approximate surface area is 311 Å². The number of amidine groups is 1. The van der Waals surface area contributed by atoms with Crippen LogP contribution in [0, 0.1) is 0 Å². The Morgan fingerprint density at radius 3 is 2.02 bits per heavy atom. The molecule has 2 atom stereocenters. The molecular formula is C48H43N5. The Hall–Kier alpha value is -6.17. The van der Waals surface area contributed by atoms with E-state index < -0.39 is 5.66 Å². The van der Waals surface area contributed by atoms with E-state index in [9.17, 15) is 0 Å². The fourth-order valence-corrected chi connectivity index (χ4v) is 8.24. The van der Waals surface area contributed by atoms with Gasteiger partial charge >= 0.3 is 0 Å². The zero-order chi connectivity index (χ0) is 36.3. The second-order valence-corrected chi connectivity index (χ2v) is 15.0. The van der Waals surface area contributed by atoms with E-state index in [1.165, 1.54) is 38.6 Å². The molecular weight excluding hydrogens is 647 g/mol. The number of allylic oxidation sites excluding steroid dienone is 2. The maximum Gasteiger partial charge on any atom is 0.132 e. The average Bonchev–Trinajstić information content (AvgIpc) is 3.64. The predicted octanol–water partition coefficient (Wildman–Crippen LogP) is 10.5. The van der Waals surface area contributed by atoms with Gasteiger partial charge in [0.15, 0.2) is 0 Å². The van der Waals surface area contributed by atoms with Crippen molar-refractivity contribution in [3.05, 3.63) is 186 Å². The number of nitrogens with zero attached hydrogens (tertiary/aromatic N) is 2. The van der Waals surface area contributed by atoms with Crippen LogP contribution in [0.4, 0.5) is 0 Å². The lowest BCUT2D eigenvalue weighted by Gasteiger charge is -2.41. The molecule has 0 fully saturated rings. The molecule has 2 heterocycles. The van der Waals surface area contributed by atoms with Crippen molar-refractivity contribution < 1.29 is 0 Å². The summed E-state index contributed by atoms with van der Waals surface area (Å²) < 4.78 is 2.24. The largest absolute Gasteiger partial charge is 0.385 e. The van der Waals surface area contributed by atoms with E-state index in [-0.39, 0.29) is 11.6 Å². The van der Waals surface area contributed by atoms with Crippen molar-refractivity contribution in [1.82, 2.24) is 15.2 Å². The van der Waals surface area contributed by atoms with Crippen molar-refractivity contribution >= 4 is 33.5 Å². The van der Waals surface area contributed by atoms with Gasteiger partial charge in [0.05, 0.1) is 11.0 Å². The second-order valence-electron chi connectivity index (χ2n) is 15.0. The lowest BCUT2D eigenvalue weighted by molar-refractivity contribution is 0.318. The van der Waals surface area contributed by atoms with Crippen LogP contribution in [-0.4, -0.2) is 16.1 Å². The molecule has 4 N–H and O–H groups in total. The van der Waals surface area contributed by atoms with E-state index in [1.54, 1.807) is 0 Å². The summed E-state index contributed by atoms with van der Waals surface area (Å²) in [5, 5.41) is 9.89. The van der Waals surface area contributed by atoms with Gasteiger partial charge in [-0.05, 0) is 82.6 Å². The van der Waals surface area contributed by atoms with Crippen molar-refractivity contribution in [2.75, 3.05) is 0 Å². The Bertz CT molecular complexity index is 2610. The smallest absolute Gasteiger partial charge is 0.132 e. The number of nitrogens with one attached hydrogen (secondary N) is 2. The summed E-state index contributed by atoms with van der Waals surface area (Å²) in [5.41, 5.74) is 19.5. The van der Waals surface area contributed by atoms with Crippen LogP contribution in [0.1, 0.15) is 56.1 Å². The Balaban J connectivity index is 1.18. The van der Waals surface area contributed by atoms with E-state index in [2.05, 4.69) is 176 Å². The zero-order valence-electron chi connectivity index (χ0n) is 30.6. The standard InChI is InChI=1S/C48H43N5/c1-31(48(4)51-45(33-18-10-6-11-19-33)50-46(52-48)34-20-12-7-13-21-34)24-27-44(49)53-42-28-35(32-16-8-5-9-17-32)25-26-37(42)39-29-38-36-22-14-15-23-40(36)47(2,3)41(38)30-43(39)53/h5-30,45,51H,49H2,1-4H3,(H,50,52)/b31-24+,44-27+. The van der Waals surface area contributed by atoms with Crippen LogP contribution < -0.4 is 16.4 Å². The molecule has 2 aliphatic rings. The minimum Gasteiger partial charge on any atom is -0.385 e. The summed E-state index contributed by atoms with van der Waals surface area (Å²) in [4.78, 5) is 5.12. The second kappa shape index (κ2) is 12.5. The predicted molar refractivity (Wildman–Crippen MR) is 221 cm³/mol. The minimum absolute atomic E-state index is 0.133. The van der Waals surface area contributed by atoms with Crippen molar-refractivity contribution in [3.63, 3.8) is 0 Å². The number of rotatable bonds is 6. The molecule has 2 unspecified atom stereocenters. The minimum atomic E-state index is -0.609. The normalized spacial score (nSPS) is 19.5. The van der Waals surface area contributed by atoms with Crippen molar-refractivity contribution in [1.29, 1.82) is 0 Å². The molecule has 5 nitrogen and oxygen atoms in total. The van der Waals surface area contributed by atoms with Gasteiger partial charge < -0.3 is 11.1 Å². The van der Waals surface area contributed by atoms with Gasteiger partial charge in [-0.1, -0.05) is 147 Å². The van der Waals surface area contributed by atoms with Gasteiger partial charge in [0.25, 0.3) is 0 Å². The van der Waals surface area contributed by atoms with Crippen LogP contribution in [-0.2, 0) is 5.41 Å². The van der Waals surface area contributed by atoms with Gasteiger partial charge in [-0.15, -0.1) is 0 Å². The van der Waals surface area contributed by atoms with Crippen LogP contribution >= 0.6 is 0 Å². The maximum absolute atomic E-state index is 7.23. The van der Waals surface area contributed by atoms with E-state index in [0.29, 0.717) is 5.82 Å². The molecule has 6 aromatic carbocycles. The molecule has 53 heavy (non-hydrogen) atoms. The Morgan fingerprint density at radius 2 is 1.28 bits per heavy atom. The molecule has 0 radical (unpaired) electrons. The molecule has 7 aromatic rings. The summed E-state index contributed by atoms with van der Waals surface area (Å²) in [6.07, 6.45) is 3.96. The Kier molecular flexibility index (Phi) is 7.72. The highest BCUT2D eigenvalue weighted by molar-refractivity contribution is 6.13. The third kappa shape index (κ3) is 5.47. The maximum atomic E-state index is 7.23. The molecule has 0 saturated heterocycles. The number of hydrogen-bond acceptors (Lipinski definition) is 4. The summed E-state index contributed by atoms with van der Waals surface area (Å²) in [7, 11) is 0. The summed E-state index contributed by atoms with van der Waals surface area (Å²) in [6, 6.07) is 51.6. The van der Waals surface area contributed by atoms with E-state index in [4.69, 9.17) is 10.7 Å². The van der Waals surface area contributed by atoms with E-state index >= 15 is 0 Å². The Morgan fingerprint density at radius 1 is 0.642 bits per heavy atom. The summed E-state index contributed by atoms with van der Waals surface area (Å²) in [5.74, 6) is 1.50. The first kappa shape index (κ1) is 32.7. The van der Waals surface area contributed by atoms with E-state index in [0.717, 1.165) is 39.1 Å². The lowest BCUT2D eigenvalue weighted by atomic mass is 9.82. The molecule has 1 aliphatic carbocycles. The highest BCUT2D eigenvalue weighted by Gasteiger charge is 2.37. The first-order valence-corrected chi connectivity index (χ1v) is 18.4. The summed E-state index contributed by atoms with van der Waals surface area (Å²) in [6.45, 7) is 8.98. The van der Waals surface area contributed by atoms with Crippen molar-refractivity contribution in [2.45, 2.75) is 44.9 Å². The lowest BCUT2D eigenvalue weighted by Crippen LogP contribution is -2.61. The fourth-order valence-electron chi connectivity index (χ4n) is 8.24. The average molecular weight is 690 g/mol. The number of nitrogens with two attached hydrogens (primary N) is 1. The van der Waals surface area contributed by atoms with Gasteiger partial charge in [-0.3, -0.25) is 9.88 Å².